The monoisotopic (exact) mass is 430 g/mol. The maximum absolute atomic E-state index is 12.9. The van der Waals surface area contributed by atoms with E-state index < -0.39 is 11.7 Å². The third kappa shape index (κ3) is 4.56. The molecule has 31 heavy (non-hydrogen) atoms. The smallest absolute Gasteiger partial charge is 0.416 e. The molecule has 1 saturated heterocycles. The van der Waals surface area contributed by atoms with E-state index >= 15 is 0 Å². The molecule has 0 N–H and O–H groups in total. The van der Waals surface area contributed by atoms with Gasteiger partial charge in [-0.1, -0.05) is 12.1 Å². The van der Waals surface area contributed by atoms with Crippen molar-refractivity contribution in [3.05, 3.63) is 71.4 Å². The molecule has 0 saturated carbocycles. The van der Waals surface area contributed by atoms with E-state index in [1.54, 1.807) is 23.9 Å². The normalized spacial score (nSPS) is 17.6. The number of aromatic nitrogens is 4. The van der Waals surface area contributed by atoms with Gasteiger partial charge < -0.3 is 4.74 Å². The lowest BCUT2D eigenvalue weighted by Gasteiger charge is -2.36. The number of rotatable bonds is 5. The fourth-order valence-corrected chi connectivity index (χ4v) is 3.96. The van der Waals surface area contributed by atoms with E-state index in [0.717, 1.165) is 54.1 Å². The van der Waals surface area contributed by atoms with E-state index in [2.05, 4.69) is 26.8 Å². The number of hydrogen-bond donors (Lipinski definition) is 0. The standard InChI is InChI=1S/C22H23F3N5O/c1-15-26-27-28-30(15)19-10-11-21(31-2)17(13-19)14-29-12-4-3-5-20(29)16-6-8-18(9-7-16)22(23,24)25/h5-11,13,20H,3-4,12,14H2,1-2H3. The van der Waals surface area contributed by atoms with Gasteiger partial charge in [-0.05, 0) is 79.1 Å². The highest BCUT2D eigenvalue weighted by Crippen LogP contribution is 2.35. The molecule has 1 atom stereocenters. The van der Waals surface area contributed by atoms with Crippen LogP contribution in [0.2, 0.25) is 0 Å². The van der Waals surface area contributed by atoms with Crippen molar-refractivity contribution in [3.8, 4) is 11.4 Å². The van der Waals surface area contributed by atoms with Crippen molar-refractivity contribution < 1.29 is 17.9 Å². The molecule has 9 heteroatoms. The number of nitrogens with zero attached hydrogens (tertiary/aromatic N) is 5. The molecular weight excluding hydrogens is 407 g/mol. The van der Waals surface area contributed by atoms with Gasteiger partial charge in [0.05, 0.1) is 18.4 Å². The van der Waals surface area contributed by atoms with Crippen LogP contribution in [-0.2, 0) is 12.7 Å². The van der Waals surface area contributed by atoms with Gasteiger partial charge in [-0.3, -0.25) is 4.90 Å². The summed E-state index contributed by atoms with van der Waals surface area (Å²) in [6, 6.07) is 11.1. The van der Waals surface area contributed by atoms with Crippen LogP contribution in [0, 0.1) is 13.3 Å². The van der Waals surface area contributed by atoms with E-state index in [9.17, 15) is 13.2 Å². The number of benzene rings is 2. The number of aryl methyl sites for hydroxylation is 1. The van der Waals surface area contributed by atoms with Gasteiger partial charge in [-0.15, -0.1) is 5.10 Å². The first-order valence-corrected chi connectivity index (χ1v) is 10.0. The molecule has 0 bridgehead atoms. The van der Waals surface area contributed by atoms with E-state index in [1.165, 1.54) is 0 Å². The maximum Gasteiger partial charge on any atom is 0.416 e. The van der Waals surface area contributed by atoms with Crippen LogP contribution in [0.15, 0.2) is 42.5 Å². The summed E-state index contributed by atoms with van der Waals surface area (Å²) in [5, 5.41) is 11.7. The summed E-state index contributed by atoms with van der Waals surface area (Å²) in [6.07, 6.45) is -0.265. The summed E-state index contributed by atoms with van der Waals surface area (Å²) >= 11 is 0. The number of tetrazole rings is 1. The molecule has 1 aliphatic rings. The van der Waals surface area contributed by atoms with Crippen LogP contribution >= 0.6 is 0 Å². The average molecular weight is 430 g/mol. The number of piperidine rings is 1. The SMILES string of the molecule is COc1ccc(-n2nnnc2C)cc1CN1CCC[CH]C1c1ccc(C(F)(F)F)cc1. The van der Waals surface area contributed by atoms with Crippen LogP contribution in [0.5, 0.6) is 5.75 Å². The van der Waals surface area contributed by atoms with Crippen LogP contribution in [0.3, 0.4) is 0 Å². The summed E-state index contributed by atoms with van der Waals surface area (Å²) in [7, 11) is 1.62. The highest BCUT2D eigenvalue weighted by atomic mass is 19.4. The minimum Gasteiger partial charge on any atom is -0.496 e. The Balaban J connectivity index is 1.61. The van der Waals surface area contributed by atoms with Gasteiger partial charge in [0.25, 0.3) is 0 Å². The van der Waals surface area contributed by atoms with Crippen LogP contribution < -0.4 is 4.74 Å². The second kappa shape index (κ2) is 8.66. The number of likely N-dealkylation sites (tertiary alicyclic amines) is 1. The summed E-state index contributed by atoms with van der Waals surface area (Å²) in [6.45, 7) is 3.24. The molecule has 0 spiro atoms. The van der Waals surface area contributed by atoms with Crippen LogP contribution in [-0.4, -0.2) is 38.8 Å². The molecule has 3 aromatic rings. The third-order valence-corrected chi connectivity index (χ3v) is 5.52. The van der Waals surface area contributed by atoms with Crippen molar-refractivity contribution in [2.24, 2.45) is 0 Å². The quantitative estimate of drug-likeness (QED) is 0.595. The molecule has 1 aliphatic heterocycles. The molecule has 2 heterocycles. The van der Waals surface area contributed by atoms with E-state index in [0.29, 0.717) is 12.4 Å². The zero-order valence-electron chi connectivity index (χ0n) is 17.3. The van der Waals surface area contributed by atoms with E-state index in [-0.39, 0.29) is 6.04 Å². The Hall–Kier alpha value is -2.94. The first kappa shape index (κ1) is 21.3. The minimum absolute atomic E-state index is 0.0702. The fraction of sp³-hybridized carbons (Fsp3) is 0.364. The summed E-state index contributed by atoms with van der Waals surface area (Å²) in [5.41, 5.74) is 2.00. The van der Waals surface area contributed by atoms with Crippen LogP contribution in [0.4, 0.5) is 13.2 Å². The first-order chi connectivity index (χ1) is 14.9. The molecule has 1 unspecified atom stereocenters. The molecule has 163 valence electrons. The lowest BCUT2D eigenvalue weighted by Crippen LogP contribution is -2.33. The van der Waals surface area contributed by atoms with Gasteiger partial charge in [0.2, 0.25) is 0 Å². The molecule has 1 fully saturated rings. The van der Waals surface area contributed by atoms with Gasteiger partial charge in [0.1, 0.15) is 5.75 Å². The lowest BCUT2D eigenvalue weighted by atomic mass is 9.94. The van der Waals surface area contributed by atoms with Crippen molar-refractivity contribution in [1.29, 1.82) is 0 Å². The topological polar surface area (TPSA) is 56.1 Å². The molecule has 4 rings (SSSR count). The molecule has 0 amide bonds. The largest absolute Gasteiger partial charge is 0.496 e. The summed E-state index contributed by atoms with van der Waals surface area (Å²) in [5.74, 6) is 1.41. The Morgan fingerprint density at radius 3 is 2.55 bits per heavy atom. The second-order valence-corrected chi connectivity index (χ2v) is 7.55. The maximum atomic E-state index is 12.9. The third-order valence-electron chi connectivity index (χ3n) is 5.52. The molecule has 1 radical (unpaired) electrons. The minimum atomic E-state index is -4.34. The van der Waals surface area contributed by atoms with Gasteiger partial charge in [0.15, 0.2) is 5.82 Å². The average Bonchev–Trinajstić information content (AvgIpc) is 3.19. The Bertz CT molecular complexity index is 1030. The van der Waals surface area contributed by atoms with Gasteiger partial charge >= 0.3 is 6.18 Å². The number of ether oxygens (including phenoxy) is 1. The van der Waals surface area contributed by atoms with Crippen molar-refractivity contribution in [1.82, 2.24) is 25.1 Å². The Morgan fingerprint density at radius 2 is 1.90 bits per heavy atom. The zero-order valence-corrected chi connectivity index (χ0v) is 17.3. The predicted molar refractivity (Wildman–Crippen MR) is 109 cm³/mol. The number of halogens is 3. The molecule has 1 aromatic heterocycles. The molecule has 2 aromatic carbocycles. The lowest BCUT2D eigenvalue weighted by molar-refractivity contribution is -0.137. The number of alkyl halides is 3. The number of methoxy groups -OCH3 is 1. The molecule has 0 aliphatic carbocycles. The van der Waals surface area contributed by atoms with E-state index in [1.807, 2.05) is 25.1 Å². The first-order valence-electron chi connectivity index (χ1n) is 10.0. The zero-order chi connectivity index (χ0) is 22.0. The van der Waals surface area contributed by atoms with Crippen LogP contribution in [0.25, 0.3) is 5.69 Å². The Kier molecular flexibility index (Phi) is 5.95. The van der Waals surface area contributed by atoms with Crippen molar-refractivity contribution in [2.75, 3.05) is 13.7 Å². The van der Waals surface area contributed by atoms with Gasteiger partial charge in [0, 0.05) is 18.2 Å². The highest BCUT2D eigenvalue weighted by Gasteiger charge is 2.31. The van der Waals surface area contributed by atoms with Gasteiger partial charge in [-0.25, -0.2) is 0 Å². The number of hydrogen-bond acceptors (Lipinski definition) is 5. The van der Waals surface area contributed by atoms with Crippen LogP contribution in [0.1, 0.15) is 41.4 Å². The summed E-state index contributed by atoms with van der Waals surface area (Å²) < 4.78 is 46.0. The van der Waals surface area contributed by atoms with E-state index in [4.69, 9.17) is 4.74 Å². The highest BCUT2D eigenvalue weighted by molar-refractivity contribution is 5.44. The van der Waals surface area contributed by atoms with Crippen molar-refractivity contribution in [3.63, 3.8) is 0 Å². The molecule has 6 nitrogen and oxygen atoms in total. The summed E-state index contributed by atoms with van der Waals surface area (Å²) in [4.78, 5) is 2.25. The predicted octanol–water partition coefficient (Wildman–Crippen LogP) is 4.54. The van der Waals surface area contributed by atoms with Crippen molar-refractivity contribution in [2.45, 2.75) is 38.5 Å². The van der Waals surface area contributed by atoms with Gasteiger partial charge in [-0.2, -0.15) is 17.9 Å². The van der Waals surface area contributed by atoms with Crippen molar-refractivity contribution >= 4 is 0 Å². The molecular formula is C22H23F3N5O. The second-order valence-electron chi connectivity index (χ2n) is 7.55. The Labute approximate surface area is 178 Å². The Morgan fingerprint density at radius 1 is 1.13 bits per heavy atom. The fourth-order valence-electron chi connectivity index (χ4n) is 3.96.